The minimum atomic E-state index is -0.653. The smallest absolute Gasteiger partial charge is 0.221 e. The van der Waals surface area contributed by atoms with Crippen LogP contribution >= 0.6 is 23.1 Å². The number of hydrogen-bond acceptors (Lipinski definition) is 6. The number of thioether (sulfide) groups is 1. The van der Waals surface area contributed by atoms with Gasteiger partial charge in [-0.2, -0.15) is 0 Å². The van der Waals surface area contributed by atoms with Crippen LogP contribution in [0.2, 0.25) is 0 Å². The van der Waals surface area contributed by atoms with E-state index in [2.05, 4.69) is 20.1 Å². The molecule has 3 aromatic rings. The molecule has 1 N–H and O–H groups in total. The lowest BCUT2D eigenvalue weighted by atomic mass is 10.1. The van der Waals surface area contributed by atoms with Crippen molar-refractivity contribution in [2.24, 2.45) is 0 Å². The summed E-state index contributed by atoms with van der Waals surface area (Å²) in [6, 6.07) is 8.39. The van der Waals surface area contributed by atoms with Gasteiger partial charge in [0.2, 0.25) is 5.91 Å². The molecule has 6 nitrogen and oxygen atoms in total. The normalized spacial score (nSPS) is 13.5. The van der Waals surface area contributed by atoms with Crippen LogP contribution in [0.3, 0.4) is 0 Å². The van der Waals surface area contributed by atoms with Crippen LogP contribution in [0.4, 0.5) is 10.1 Å². The molecule has 0 atom stereocenters. The summed E-state index contributed by atoms with van der Waals surface area (Å²) in [6.07, 6.45) is 2.13. The molecule has 1 saturated carbocycles. The highest BCUT2D eigenvalue weighted by molar-refractivity contribution is 7.99. The van der Waals surface area contributed by atoms with Gasteiger partial charge in [-0.25, -0.2) is 4.39 Å². The number of Topliss-reactive ketones (excluding diaryl/α,β-unsaturated/α-hetero) is 1. The maximum atomic E-state index is 14.3. The second-order valence-corrected chi connectivity index (χ2v) is 8.36. The van der Waals surface area contributed by atoms with Gasteiger partial charge in [-0.05, 0) is 42.5 Å². The number of aromatic nitrogens is 3. The van der Waals surface area contributed by atoms with Crippen LogP contribution in [-0.2, 0) is 4.79 Å². The molecule has 0 radical (unpaired) electrons. The Morgan fingerprint density at radius 1 is 1.32 bits per heavy atom. The first kappa shape index (κ1) is 18.8. The van der Waals surface area contributed by atoms with E-state index < -0.39 is 5.82 Å². The SMILES string of the molecule is CC(=O)Nc1ccc(C(=O)CSc2nnc(-c3cccs3)n2C2CC2)c(F)c1. The number of carbonyl (C=O) groups is 2. The van der Waals surface area contributed by atoms with Gasteiger partial charge in [0.1, 0.15) is 5.82 Å². The average molecular weight is 417 g/mol. The van der Waals surface area contributed by atoms with Crippen molar-refractivity contribution in [3.63, 3.8) is 0 Å². The molecule has 0 unspecified atom stereocenters. The van der Waals surface area contributed by atoms with Crippen LogP contribution < -0.4 is 5.32 Å². The van der Waals surface area contributed by atoms with Crippen molar-refractivity contribution >= 4 is 40.5 Å². The van der Waals surface area contributed by atoms with Crippen LogP contribution in [0.25, 0.3) is 10.7 Å². The lowest BCUT2D eigenvalue weighted by Gasteiger charge is -2.08. The number of carbonyl (C=O) groups excluding carboxylic acids is 2. The van der Waals surface area contributed by atoms with E-state index >= 15 is 0 Å². The Hall–Kier alpha value is -2.52. The summed E-state index contributed by atoms with van der Waals surface area (Å²) in [5, 5.41) is 13.7. The fourth-order valence-electron chi connectivity index (χ4n) is 2.84. The van der Waals surface area contributed by atoms with Gasteiger partial charge >= 0.3 is 0 Å². The molecule has 0 bridgehead atoms. The highest BCUT2D eigenvalue weighted by atomic mass is 32.2. The predicted molar refractivity (Wildman–Crippen MR) is 107 cm³/mol. The molecule has 1 amide bonds. The number of rotatable bonds is 7. The molecular weight excluding hydrogens is 399 g/mol. The lowest BCUT2D eigenvalue weighted by molar-refractivity contribution is -0.114. The average Bonchev–Trinajstić information content (AvgIpc) is 3.17. The maximum absolute atomic E-state index is 14.3. The van der Waals surface area contributed by atoms with Crippen LogP contribution in [-0.4, -0.2) is 32.2 Å². The Balaban J connectivity index is 1.49. The van der Waals surface area contributed by atoms with Crippen molar-refractivity contribution in [3.8, 4) is 10.7 Å². The molecule has 0 spiro atoms. The summed E-state index contributed by atoms with van der Waals surface area (Å²) in [5.74, 6) is -0.404. The monoisotopic (exact) mass is 416 g/mol. The fraction of sp³-hybridized carbons (Fsp3) is 0.263. The van der Waals surface area contributed by atoms with Gasteiger partial charge in [0.15, 0.2) is 16.8 Å². The number of halogens is 1. The number of amides is 1. The molecule has 1 aliphatic rings. The van der Waals surface area contributed by atoms with E-state index in [1.165, 1.54) is 30.8 Å². The summed E-state index contributed by atoms with van der Waals surface area (Å²) in [5.41, 5.74) is 0.320. The van der Waals surface area contributed by atoms with Crippen molar-refractivity contribution in [1.29, 1.82) is 0 Å². The van der Waals surface area contributed by atoms with E-state index in [1.807, 2.05) is 17.5 Å². The number of benzene rings is 1. The van der Waals surface area contributed by atoms with E-state index in [1.54, 1.807) is 11.3 Å². The Bertz CT molecular complexity index is 1030. The third kappa shape index (κ3) is 4.00. The predicted octanol–water partition coefficient (Wildman–Crippen LogP) is 4.41. The first-order valence-corrected chi connectivity index (χ1v) is 10.6. The van der Waals surface area contributed by atoms with Gasteiger partial charge < -0.3 is 5.32 Å². The second-order valence-electron chi connectivity index (χ2n) is 6.47. The lowest BCUT2D eigenvalue weighted by Crippen LogP contribution is -2.09. The van der Waals surface area contributed by atoms with E-state index in [9.17, 15) is 14.0 Å². The Labute approximate surface area is 169 Å². The molecule has 1 aromatic carbocycles. The summed E-state index contributed by atoms with van der Waals surface area (Å²) in [4.78, 5) is 24.6. The number of nitrogens with one attached hydrogen (secondary N) is 1. The summed E-state index contributed by atoms with van der Waals surface area (Å²) in [6.45, 7) is 1.34. The minimum Gasteiger partial charge on any atom is -0.326 e. The third-order valence-electron chi connectivity index (χ3n) is 4.24. The van der Waals surface area contributed by atoms with E-state index in [4.69, 9.17) is 0 Å². The molecule has 0 saturated heterocycles. The van der Waals surface area contributed by atoms with Crippen molar-refractivity contribution in [2.45, 2.75) is 31.0 Å². The van der Waals surface area contributed by atoms with Crippen molar-refractivity contribution in [2.75, 3.05) is 11.1 Å². The highest BCUT2D eigenvalue weighted by Crippen LogP contribution is 2.41. The molecule has 2 aromatic heterocycles. The molecule has 4 rings (SSSR count). The highest BCUT2D eigenvalue weighted by Gasteiger charge is 2.30. The summed E-state index contributed by atoms with van der Waals surface area (Å²) >= 11 is 2.87. The van der Waals surface area contributed by atoms with Crippen LogP contribution in [0.15, 0.2) is 40.9 Å². The topological polar surface area (TPSA) is 76.9 Å². The van der Waals surface area contributed by atoms with Gasteiger partial charge in [0.25, 0.3) is 0 Å². The first-order valence-electron chi connectivity index (χ1n) is 8.75. The minimum absolute atomic E-state index is 0.00225. The third-order valence-corrected chi connectivity index (χ3v) is 6.05. The van der Waals surface area contributed by atoms with Crippen LogP contribution in [0, 0.1) is 5.82 Å². The number of ketones is 1. The fourth-order valence-corrected chi connectivity index (χ4v) is 4.44. The van der Waals surface area contributed by atoms with Crippen LogP contribution in [0.5, 0.6) is 0 Å². The molecule has 0 aliphatic heterocycles. The van der Waals surface area contributed by atoms with E-state index in [0.29, 0.717) is 16.9 Å². The molecule has 28 heavy (non-hydrogen) atoms. The Morgan fingerprint density at radius 2 is 2.14 bits per heavy atom. The van der Waals surface area contributed by atoms with Crippen molar-refractivity contribution in [3.05, 3.63) is 47.1 Å². The zero-order valence-electron chi connectivity index (χ0n) is 15.0. The van der Waals surface area contributed by atoms with E-state index in [-0.39, 0.29) is 23.0 Å². The molecular formula is C19H17FN4O2S2. The van der Waals surface area contributed by atoms with Gasteiger partial charge in [0.05, 0.1) is 16.2 Å². The molecule has 144 valence electrons. The molecule has 1 aliphatic carbocycles. The van der Waals surface area contributed by atoms with Gasteiger partial charge in [-0.3, -0.25) is 14.2 Å². The number of hydrogen-bond donors (Lipinski definition) is 1. The largest absolute Gasteiger partial charge is 0.326 e. The standard InChI is InChI=1S/C19H17FN4O2S2/c1-11(25)21-12-4-7-14(15(20)9-12)16(26)10-28-19-23-22-18(17-3-2-8-27-17)24(19)13-5-6-13/h2-4,7-9,13H,5-6,10H2,1H3,(H,21,25). The molecule has 9 heteroatoms. The van der Waals surface area contributed by atoms with E-state index in [0.717, 1.165) is 29.6 Å². The van der Waals surface area contributed by atoms with Crippen molar-refractivity contribution in [1.82, 2.24) is 14.8 Å². The summed E-state index contributed by atoms with van der Waals surface area (Å²) in [7, 11) is 0. The summed E-state index contributed by atoms with van der Waals surface area (Å²) < 4.78 is 16.4. The number of nitrogens with zero attached hydrogens (tertiary/aromatic N) is 3. The van der Waals surface area contributed by atoms with Gasteiger partial charge in [0, 0.05) is 18.7 Å². The maximum Gasteiger partial charge on any atom is 0.221 e. The van der Waals surface area contributed by atoms with Crippen LogP contribution in [0.1, 0.15) is 36.2 Å². The zero-order chi connectivity index (χ0) is 19.7. The van der Waals surface area contributed by atoms with Gasteiger partial charge in [-0.1, -0.05) is 17.8 Å². The Morgan fingerprint density at radius 3 is 2.79 bits per heavy atom. The number of thiophene rings is 1. The Kier molecular flexibility index (Phi) is 5.27. The number of anilines is 1. The van der Waals surface area contributed by atoms with Crippen molar-refractivity contribution < 1.29 is 14.0 Å². The van der Waals surface area contributed by atoms with Gasteiger partial charge in [-0.15, -0.1) is 21.5 Å². The quantitative estimate of drug-likeness (QED) is 0.456. The molecule has 2 heterocycles. The second kappa shape index (κ2) is 7.84. The zero-order valence-corrected chi connectivity index (χ0v) is 16.6. The first-order chi connectivity index (χ1) is 13.5. The molecule has 1 fully saturated rings.